The van der Waals surface area contributed by atoms with Gasteiger partial charge < -0.3 is 20.1 Å². The molecule has 0 saturated carbocycles. The molecule has 3 N–H and O–H groups in total. The van der Waals surface area contributed by atoms with Crippen LogP contribution in [0.3, 0.4) is 0 Å². The van der Waals surface area contributed by atoms with E-state index in [1.54, 1.807) is 13.8 Å². The summed E-state index contributed by atoms with van der Waals surface area (Å²) < 4.78 is 5.03. The van der Waals surface area contributed by atoms with E-state index in [2.05, 4.69) is 0 Å². The SMILES string of the molecule is CCC(CC)(C(=O)O)C(CC)(OCC(=O)O)C(=O)O. The number of carbonyl (C=O) groups is 3. The van der Waals surface area contributed by atoms with Gasteiger partial charge in [0.25, 0.3) is 0 Å². The van der Waals surface area contributed by atoms with Crippen molar-refractivity contribution in [3.63, 3.8) is 0 Å². The number of hydrogen-bond acceptors (Lipinski definition) is 4. The van der Waals surface area contributed by atoms with Gasteiger partial charge >= 0.3 is 17.9 Å². The normalized spacial score (nSPS) is 14.7. The first-order valence-corrected chi connectivity index (χ1v) is 6.06. The second-order valence-corrected chi connectivity index (χ2v) is 4.26. The lowest BCUT2D eigenvalue weighted by Crippen LogP contribution is -2.59. The molecule has 0 aromatic rings. The van der Waals surface area contributed by atoms with Gasteiger partial charge in [0.05, 0.1) is 0 Å². The van der Waals surface area contributed by atoms with Crippen LogP contribution in [0.2, 0.25) is 0 Å². The van der Waals surface area contributed by atoms with E-state index in [1.807, 2.05) is 0 Å². The van der Waals surface area contributed by atoms with Crippen LogP contribution in [0, 0.1) is 5.41 Å². The van der Waals surface area contributed by atoms with Crippen molar-refractivity contribution in [2.24, 2.45) is 5.41 Å². The Balaban J connectivity index is 5.84. The van der Waals surface area contributed by atoms with Gasteiger partial charge in [-0.05, 0) is 19.3 Å². The fraction of sp³-hybridized carbons (Fsp3) is 0.750. The maximum absolute atomic E-state index is 11.6. The summed E-state index contributed by atoms with van der Waals surface area (Å²) in [5, 5.41) is 27.5. The maximum atomic E-state index is 11.6. The molecule has 1 atom stereocenters. The molecule has 7 nitrogen and oxygen atoms in total. The van der Waals surface area contributed by atoms with Crippen molar-refractivity contribution in [3.05, 3.63) is 0 Å². The predicted octanol–water partition coefficient (Wildman–Crippen LogP) is 1.21. The van der Waals surface area contributed by atoms with Gasteiger partial charge in [-0.15, -0.1) is 0 Å². The van der Waals surface area contributed by atoms with E-state index in [1.165, 1.54) is 6.92 Å². The summed E-state index contributed by atoms with van der Waals surface area (Å²) in [5.41, 5.74) is -3.72. The zero-order valence-corrected chi connectivity index (χ0v) is 11.3. The largest absolute Gasteiger partial charge is 0.481 e. The Morgan fingerprint density at radius 3 is 1.58 bits per heavy atom. The standard InChI is InChI=1S/C12H20O7/c1-4-11(5-2,9(15)16)12(6-3,10(17)18)19-7-8(13)14/h4-7H2,1-3H3,(H,13,14)(H,15,16)(H,17,18). The van der Waals surface area contributed by atoms with Crippen LogP contribution in [0.25, 0.3) is 0 Å². The molecule has 0 heterocycles. The molecular weight excluding hydrogens is 256 g/mol. The lowest BCUT2D eigenvalue weighted by atomic mass is 9.66. The molecule has 0 fully saturated rings. The lowest BCUT2D eigenvalue weighted by Gasteiger charge is -2.43. The molecule has 0 amide bonds. The van der Waals surface area contributed by atoms with E-state index in [9.17, 15) is 24.6 Å². The van der Waals surface area contributed by atoms with Gasteiger partial charge in [0.15, 0.2) is 5.60 Å². The van der Waals surface area contributed by atoms with Gasteiger partial charge in [0, 0.05) is 0 Å². The van der Waals surface area contributed by atoms with E-state index in [-0.39, 0.29) is 19.3 Å². The van der Waals surface area contributed by atoms with E-state index < -0.39 is 35.5 Å². The molecule has 0 rings (SSSR count). The molecule has 0 aliphatic carbocycles. The van der Waals surface area contributed by atoms with Gasteiger partial charge in [0.2, 0.25) is 0 Å². The first kappa shape index (κ1) is 17.4. The average Bonchev–Trinajstić information content (AvgIpc) is 2.33. The third-order valence-electron chi connectivity index (χ3n) is 3.67. The Bertz CT molecular complexity index is 359. The number of hydrogen-bond donors (Lipinski definition) is 3. The zero-order chi connectivity index (χ0) is 15.3. The second kappa shape index (κ2) is 6.51. The van der Waals surface area contributed by atoms with Crippen LogP contribution in [-0.2, 0) is 19.1 Å². The highest BCUT2D eigenvalue weighted by Crippen LogP contribution is 2.44. The number of ether oxygens (including phenoxy) is 1. The van der Waals surface area contributed by atoms with Crippen LogP contribution < -0.4 is 0 Å². The van der Waals surface area contributed by atoms with Crippen LogP contribution >= 0.6 is 0 Å². The molecule has 19 heavy (non-hydrogen) atoms. The number of rotatable bonds is 9. The Morgan fingerprint density at radius 1 is 0.895 bits per heavy atom. The van der Waals surface area contributed by atoms with E-state index in [4.69, 9.17) is 9.84 Å². The van der Waals surface area contributed by atoms with Crippen LogP contribution in [0.4, 0.5) is 0 Å². The van der Waals surface area contributed by atoms with Crippen molar-refractivity contribution in [3.8, 4) is 0 Å². The smallest absolute Gasteiger partial charge is 0.337 e. The summed E-state index contributed by atoms with van der Waals surface area (Å²) >= 11 is 0. The van der Waals surface area contributed by atoms with Gasteiger partial charge in [-0.1, -0.05) is 20.8 Å². The minimum atomic E-state index is -2.05. The molecule has 0 bridgehead atoms. The topological polar surface area (TPSA) is 121 Å². The van der Waals surface area contributed by atoms with E-state index >= 15 is 0 Å². The fourth-order valence-corrected chi connectivity index (χ4v) is 2.48. The van der Waals surface area contributed by atoms with Gasteiger partial charge in [-0.25, -0.2) is 9.59 Å². The Labute approximate surface area is 111 Å². The zero-order valence-electron chi connectivity index (χ0n) is 11.3. The van der Waals surface area contributed by atoms with Gasteiger partial charge in [-0.3, -0.25) is 4.79 Å². The quantitative estimate of drug-likeness (QED) is 0.578. The summed E-state index contributed by atoms with van der Waals surface area (Å²) in [6.07, 6.45) is -0.0826. The third kappa shape index (κ3) is 2.86. The second-order valence-electron chi connectivity index (χ2n) is 4.26. The molecule has 110 valence electrons. The molecule has 0 aliphatic heterocycles. The molecule has 7 heteroatoms. The molecule has 1 unspecified atom stereocenters. The van der Waals surface area contributed by atoms with Crippen LogP contribution in [0.1, 0.15) is 40.0 Å². The average molecular weight is 276 g/mol. The van der Waals surface area contributed by atoms with Gasteiger partial charge in [0.1, 0.15) is 12.0 Å². The van der Waals surface area contributed by atoms with Crippen LogP contribution in [0.5, 0.6) is 0 Å². The molecule has 0 spiro atoms. The molecule has 0 saturated heterocycles. The van der Waals surface area contributed by atoms with E-state index in [0.717, 1.165) is 0 Å². The minimum Gasteiger partial charge on any atom is -0.481 e. The maximum Gasteiger partial charge on any atom is 0.337 e. The molecule has 0 radical (unpaired) electrons. The summed E-state index contributed by atoms with van der Waals surface area (Å²) in [7, 11) is 0. The first-order valence-electron chi connectivity index (χ1n) is 6.06. The Kier molecular flexibility index (Phi) is 5.95. The molecule has 0 aromatic heterocycles. The summed E-state index contributed by atoms with van der Waals surface area (Å²) in [6, 6.07) is 0. The Morgan fingerprint density at radius 2 is 1.37 bits per heavy atom. The highest BCUT2D eigenvalue weighted by atomic mass is 16.5. The summed E-state index contributed by atoms with van der Waals surface area (Å²) in [4.78, 5) is 33.7. The molecule has 0 aliphatic rings. The molecule has 0 aromatic carbocycles. The Hall–Kier alpha value is -1.63. The van der Waals surface area contributed by atoms with Crippen molar-refractivity contribution in [2.75, 3.05) is 6.61 Å². The van der Waals surface area contributed by atoms with Crippen molar-refractivity contribution in [1.29, 1.82) is 0 Å². The first-order chi connectivity index (χ1) is 8.74. The van der Waals surface area contributed by atoms with Crippen molar-refractivity contribution >= 4 is 17.9 Å². The summed E-state index contributed by atoms with van der Waals surface area (Å²) in [6.45, 7) is 3.72. The number of carboxylic acid groups (broad SMARTS) is 3. The van der Waals surface area contributed by atoms with Crippen LogP contribution in [-0.4, -0.2) is 45.4 Å². The number of carboxylic acids is 3. The predicted molar refractivity (Wildman–Crippen MR) is 64.9 cm³/mol. The fourth-order valence-electron chi connectivity index (χ4n) is 2.48. The van der Waals surface area contributed by atoms with Crippen molar-refractivity contribution in [2.45, 2.75) is 45.6 Å². The van der Waals surface area contributed by atoms with Crippen LogP contribution in [0.15, 0.2) is 0 Å². The van der Waals surface area contributed by atoms with Gasteiger partial charge in [-0.2, -0.15) is 0 Å². The highest BCUT2D eigenvalue weighted by Gasteiger charge is 2.60. The third-order valence-corrected chi connectivity index (χ3v) is 3.67. The van der Waals surface area contributed by atoms with Crippen molar-refractivity contribution in [1.82, 2.24) is 0 Å². The minimum absolute atomic E-state index is 0.0264. The number of aliphatic carboxylic acids is 3. The summed E-state index contributed by atoms with van der Waals surface area (Å²) in [5.74, 6) is -4.10. The highest BCUT2D eigenvalue weighted by molar-refractivity contribution is 5.89. The monoisotopic (exact) mass is 276 g/mol. The van der Waals surface area contributed by atoms with E-state index in [0.29, 0.717) is 0 Å². The molecular formula is C12H20O7. The lowest BCUT2D eigenvalue weighted by molar-refractivity contribution is -0.205. The van der Waals surface area contributed by atoms with Crippen molar-refractivity contribution < 1.29 is 34.4 Å².